The van der Waals surface area contributed by atoms with Crippen LogP contribution in [-0.4, -0.2) is 45.2 Å². The van der Waals surface area contributed by atoms with Gasteiger partial charge in [-0.2, -0.15) is 5.10 Å². The van der Waals surface area contributed by atoms with Gasteiger partial charge in [-0.25, -0.2) is 5.43 Å². The number of carbonyl (C=O) groups is 1. The van der Waals surface area contributed by atoms with Crippen LogP contribution in [0.25, 0.3) is 0 Å². The van der Waals surface area contributed by atoms with E-state index in [1.54, 1.807) is 36.4 Å². The maximum absolute atomic E-state index is 11.8. The first-order valence-electron chi connectivity index (χ1n) is 7.61. The number of benzene rings is 2. The van der Waals surface area contributed by atoms with E-state index in [0.29, 0.717) is 17.1 Å². The molecule has 0 aromatic heterocycles. The molecular formula is C18H20N2O6. The summed E-state index contributed by atoms with van der Waals surface area (Å²) in [5.41, 5.74) is 2.92. The average Bonchev–Trinajstić information content (AvgIpc) is 2.67. The lowest BCUT2D eigenvalue weighted by Gasteiger charge is -2.09. The second-order valence-corrected chi connectivity index (χ2v) is 5.01. The Morgan fingerprint density at radius 3 is 2.19 bits per heavy atom. The number of amides is 1. The van der Waals surface area contributed by atoms with Gasteiger partial charge in [0.25, 0.3) is 5.91 Å². The summed E-state index contributed by atoms with van der Waals surface area (Å²) in [6, 6.07) is 10.1. The van der Waals surface area contributed by atoms with Gasteiger partial charge in [0.2, 0.25) is 5.75 Å². The maximum atomic E-state index is 11.8. The molecule has 26 heavy (non-hydrogen) atoms. The molecule has 0 aliphatic carbocycles. The number of aromatic hydroxyl groups is 1. The van der Waals surface area contributed by atoms with Crippen LogP contribution in [-0.2, 0) is 4.79 Å². The summed E-state index contributed by atoms with van der Waals surface area (Å²) in [5, 5.41) is 13.7. The van der Waals surface area contributed by atoms with E-state index in [1.807, 2.05) is 0 Å². The number of rotatable bonds is 8. The zero-order chi connectivity index (χ0) is 18.9. The molecule has 2 rings (SSSR count). The number of hydrazone groups is 1. The van der Waals surface area contributed by atoms with Crippen LogP contribution in [0.4, 0.5) is 0 Å². The molecule has 0 saturated carbocycles. The molecule has 8 nitrogen and oxygen atoms in total. The van der Waals surface area contributed by atoms with Crippen molar-refractivity contribution in [2.24, 2.45) is 5.10 Å². The third-order valence-corrected chi connectivity index (χ3v) is 3.33. The summed E-state index contributed by atoms with van der Waals surface area (Å²) in [4.78, 5) is 11.8. The van der Waals surface area contributed by atoms with Crippen LogP contribution in [0.2, 0.25) is 0 Å². The molecule has 0 bridgehead atoms. The first-order valence-corrected chi connectivity index (χ1v) is 7.61. The van der Waals surface area contributed by atoms with Gasteiger partial charge >= 0.3 is 0 Å². The second kappa shape index (κ2) is 9.16. The molecule has 2 N–H and O–H groups in total. The molecule has 0 aliphatic rings. The summed E-state index contributed by atoms with van der Waals surface area (Å²) in [6.45, 7) is -0.222. The molecule has 1 amide bonds. The second-order valence-electron chi connectivity index (χ2n) is 5.01. The van der Waals surface area contributed by atoms with Crippen molar-refractivity contribution in [3.05, 3.63) is 42.0 Å². The highest BCUT2D eigenvalue weighted by Gasteiger charge is 2.10. The van der Waals surface area contributed by atoms with E-state index in [9.17, 15) is 9.90 Å². The number of hydrogen-bond acceptors (Lipinski definition) is 7. The van der Waals surface area contributed by atoms with Gasteiger partial charge in [0, 0.05) is 5.56 Å². The number of phenolic OH excluding ortho intramolecular Hbond substituents is 1. The zero-order valence-electron chi connectivity index (χ0n) is 14.7. The normalized spacial score (nSPS) is 10.4. The van der Waals surface area contributed by atoms with Gasteiger partial charge in [0.15, 0.2) is 29.6 Å². The summed E-state index contributed by atoms with van der Waals surface area (Å²) >= 11 is 0. The van der Waals surface area contributed by atoms with Crippen LogP contribution < -0.4 is 24.4 Å². The predicted molar refractivity (Wildman–Crippen MR) is 95.4 cm³/mol. The SMILES string of the molecule is COc1ccccc1OCC(=O)N/N=C/c1cc(OC)c(O)c(OC)c1. The van der Waals surface area contributed by atoms with E-state index >= 15 is 0 Å². The first-order chi connectivity index (χ1) is 12.6. The smallest absolute Gasteiger partial charge is 0.277 e. The number of carbonyl (C=O) groups excluding carboxylic acids is 1. The Labute approximate surface area is 151 Å². The van der Waals surface area contributed by atoms with Crippen molar-refractivity contribution in [3.8, 4) is 28.7 Å². The summed E-state index contributed by atoms with van der Waals surface area (Å²) < 4.78 is 20.6. The Hall–Kier alpha value is -3.42. The molecule has 0 spiro atoms. The number of phenols is 1. The fourth-order valence-electron chi connectivity index (χ4n) is 2.08. The van der Waals surface area contributed by atoms with Crippen molar-refractivity contribution in [1.82, 2.24) is 5.43 Å². The van der Waals surface area contributed by atoms with Crippen molar-refractivity contribution >= 4 is 12.1 Å². The highest BCUT2D eigenvalue weighted by Crippen LogP contribution is 2.36. The van der Waals surface area contributed by atoms with Gasteiger partial charge < -0.3 is 24.1 Å². The number of para-hydroxylation sites is 2. The van der Waals surface area contributed by atoms with Gasteiger partial charge in [-0.15, -0.1) is 0 Å². The van der Waals surface area contributed by atoms with E-state index in [-0.39, 0.29) is 23.9 Å². The van der Waals surface area contributed by atoms with Crippen molar-refractivity contribution in [2.75, 3.05) is 27.9 Å². The van der Waals surface area contributed by atoms with Crippen LogP contribution in [0.3, 0.4) is 0 Å². The molecular weight excluding hydrogens is 340 g/mol. The molecule has 0 unspecified atom stereocenters. The van der Waals surface area contributed by atoms with E-state index in [4.69, 9.17) is 18.9 Å². The molecule has 0 fully saturated rings. The minimum Gasteiger partial charge on any atom is -0.502 e. The molecule has 0 saturated heterocycles. The monoisotopic (exact) mass is 360 g/mol. The first kappa shape index (κ1) is 18.9. The average molecular weight is 360 g/mol. The van der Waals surface area contributed by atoms with Gasteiger partial charge in [-0.1, -0.05) is 12.1 Å². The molecule has 2 aromatic carbocycles. The predicted octanol–water partition coefficient (Wildman–Crippen LogP) is 1.95. The highest BCUT2D eigenvalue weighted by molar-refractivity contribution is 5.84. The van der Waals surface area contributed by atoms with Crippen LogP contribution in [0.15, 0.2) is 41.5 Å². The standard InChI is InChI=1S/C18H20N2O6/c1-23-13-6-4-5-7-14(13)26-11-17(21)20-19-10-12-8-15(24-2)18(22)16(9-12)25-3/h4-10,22H,11H2,1-3H3,(H,20,21)/b19-10+. The van der Waals surface area contributed by atoms with Crippen molar-refractivity contribution in [3.63, 3.8) is 0 Å². The van der Waals surface area contributed by atoms with Crippen LogP contribution >= 0.6 is 0 Å². The van der Waals surface area contributed by atoms with E-state index in [2.05, 4.69) is 10.5 Å². The third-order valence-electron chi connectivity index (χ3n) is 3.33. The van der Waals surface area contributed by atoms with Gasteiger partial charge in [0.1, 0.15) is 0 Å². The van der Waals surface area contributed by atoms with Crippen molar-refractivity contribution < 1.29 is 28.8 Å². The summed E-state index contributed by atoms with van der Waals surface area (Å²) in [5.74, 6) is 0.911. The highest BCUT2D eigenvalue weighted by atomic mass is 16.5. The molecule has 138 valence electrons. The van der Waals surface area contributed by atoms with Crippen LogP contribution in [0.1, 0.15) is 5.56 Å². The molecule has 0 heterocycles. The third kappa shape index (κ3) is 4.79. The fraction of sp³-hybridized carbons (Fsp3) is 0.222. The Kier molecular flexibility index (Phi) is 6.67. The number of methoxy groups -OCH3 is 3. The molecule has 8 heteroatoms. The number of ether oxygens (including phenoxy) is 4. The lowest BCUT2D eigenvalue weighted by molar-refractivity contribution is -0.123. The van der Waals surface area contributed by atoms with Crippen molar-refractivity contribution in [2.45, 2.75) is 0 Å². The molecule has 0 radical (unpaired) electrons. The maximum Gasteiger partial charge on any atom is 0.277 e. The van der Waals surface area contributed by atoms with E-state index < -0.39 is 5.91 Å². The quantitative estimate of drug-likeness (QED) is 0.551. The summed E-state index contributed by atoms with van der Waals surface area (Å²) in [7, 11) is 4.37. The van der Waals surface area contributed by atoms with Gasteiger partial charge in [-0.05, 0) is 24.3 Å². The number of nitrogens with zero attached hydrogens (tertiary/aromatic N) is 1. The zero-order valence-corrected chi connectivity index (χ0v) is 14.7. The van der Waals surface area contributed by atoms with Gasteiger partial charge in [-0.3, -0.25) is 4.79 Å². The molecule has 0 atom stereocenters. The minimum atomic E-state index is -0.440. The Bertz CT molecular complexity index is 766. The molecule has 2 aromatic rings. The Balaban J connectivity index is 1.94. The summed E-state index contributed by atoms with van der Waals surface area (Å²) in [6.07, 6.45) is 1.39. The lowest BCUT2D eigenvalue weighted by Crippen LogP contribution is -2.24. The topological polar surface area (TPSA) is 98.6 Å². The molecule has 0 aliphatic heterocycles. The Morgan fingerprint density at radius 1 is 1.04 bits per heavy atom. The minimum absolute atomic E-state index is 0.110. The van der Waals surface area contributed by atoms with Crippen LogP contribution in [0.5, 0.6) is 28.7 Å². The number of nitrogens with one attached hydrogen (secondary N) is 1. The number of hydrogen-bond donors (Lipinski definition) is 2. The van der Waals surface area contributed by atoms with E-state index in [0.717, 1.165) is 0 Å². The van der Waals surface area contributed by atoms with Crippen LogP contribution in [0, 0.1) is 0 Å². The van der Waals surface area contributed by atoms with Gasteiger partial charge in [0.05, 0.1) is 27.5 Å². The lowest BCUT2D eigenvalue weighted by atomic mass is 10.2. The van der Waals surface area contributed by atoms with Crippen molar-refractivity contribution in [1.29, 1.82) is 0 Å². The largest absolute Gasteiger partial charge is 0.502 e. The fourth-order valence-corrected chi connectivity index (χ4v) is 2.08. The Morgan fingerprint density at radius 2 is 1.62 bits per heavy atom. The van der Waals surface area contributed by atoms with E-state index in [1.165, 1.54) is 27.5 Å².